The van der Waals surface area contributed by atoms with Gasteiger partial charge in [-0.15, -0.1) is 0 Å². The van der Waals surface area contributed by atoms with Crippen LogP contribution in [-0.4, -0.2) is 42.5 Å². The van der Waals surface area contributed by atoms with Crippen LogP contribution in [0.15, 0.2) is 0 Å². The van der Waals surface area contributed by atoms with Crippen molar-refractivity contribution in [2.75, 3.05) is 19.6 Å². The number of likely N-dealkylation sites (N-methyl/N-ethyl adjacent to an activating group) is 1. The highest BCUT2D eigenvalue weighted by molar-refractivity contribution is 5.96. The third kappa shape index (κ3) is 5.09. The molecule has 0 spiro atoms. The molecule has 0 radical (unpaired) electrons. The van der Waals surface area contributed by atoms with Gasteiger partial charge in [-0.3, -0.25) is 15.0 Å². The average Bonchev–Trinajstić information content (AvgIpc) is 2.23. The van der Waals surface area contributed by atoms with Crippen molar-refractivity contribution in [1.82, 2.24) is 10.2 Å². The lowest BCUT2D eigenvalue weighted by Crippen LogP contribution is -2.49. The minimum Gasteiger partial charge on any atom is -0.351 e. The number of primary amides is 1. The van der Waals surface area contributed by atoms with Crippen LogP contribution in [0.25, 0.3) is 0 Å². The Balaban J connectivity index is 4.34. The minimum atomic E-state index is -0.820. The fourth-order valence-corrected chi connectivity index (χ4v) is 1.43. The van der Waals surface area contributed by atoms with Crippen molar-refractivity contribution in [3.05, 3.63) is 0 Å². The van der Waals surface area contributed by atoms with Crippen LogP contribution < -0.4 is 16.8 Å². The number of rotatable bonds is 6. The maximum Gasteiger partial charge on any atom is 0.318 e. The van der Waals surface area contributed by atoms with Crippen LogP contribution in [-0.2, 0) is 4.79 Å². The molecule has 16 heavy (non-hydrogen) atoms. The van der Waals surface area contributed by atoms with E-state index in [1.807, 2.05) is 18.7 Å². The molecule has 0 aliphatic carbocycles. The van der Waals surface area contributed by atoms with E-state index in [-0.39, 0.29) is 11.9 Å². The van der Waals surface area contributed by atoms with E-state index in [9.17, 15) is 9.59 Å². The number of nitrogens with zero attached hydrogens (tertiary/aromatic N) is 1. The van der Waals surface area contributed by atoms with Crippen molar-refractivity contribution in [1.29, 1.82) is 0 Å². The van der Waals surface area contributed by atoms with Gasteiger partial charge in [0.05, 0.1) is 6.04 Å². The highest BCUT2D eigenvalue weighted by Gasteiger charge is 2.21. The van der Waals surface area contributed by atoms with Gasteiger partial charge in [0.1, 0.15) is 0 Å². The molecular formula is C10H22N4O2. The number of nitrogens with one attached hydrogen (secondary N) is 1. The Kier molecular flexibility index (Phi) is 6.67. The fourth-order valence-electron chi connectivity index (χ4n) is 1.43. The largest absolute Gasteiger partial charge is 0.351 e. The number of carbonyl (C=O) groups excluding carboxylic acids is 2. The van der Waals surface area contributed by atoms with E-state index < -0.39 is 6.03 Å². The first-order valence-corrected chi connectivity index (χ1v) is 5.46. The first kappa shape index (κ1) is 14.9. The van der Waals surface area contributed by atoms with Gasteiger partial charge in [0.25, 0.3) is 0 Å². The SMILES string of the molecule is CCN(CC(C)CN)C(C)C(=O)NC(N)=O. The van der Waals surface area contributed by atoms with Crippen molar-refractivity contribution in [2.45, 2.75) is 26.8 Å². The van der Waals surface area contributed by atoms with Crippen molar-refractivity contribution in [3.63, 3.8) is 0 Å². The van der Waals surface area contributed by atoms with Crippen LogP contribution in [0, 0.1) is 5.92 Å². The highest BCUT2D eigenvalue weighted by Crippen LogP contribution is 2.04. The summed E-state index contributed by atoms with van der Waals surface area (Å²) >= 11 is 0. The smallest absolute Gasteiger partial charge is 0.318 e. The van der Waals surface area contributed by atoms with Crippen LogP contribution in [0.4, 0.5) is 4.79 Å². The number of nitrogens with two attached hydrogens (primary N) is 2. The number of urea groups is 1. The Bertz CT molecular complexity index is 245. The predicted molar refractivity (Wildman–Crippen MR) is 62.7 cm³/mol. The summed E-state index contributed by atoms with van der Waals surface area (Å²) < 4.78 is 0. The molecule has 0 rings (SSSR count). The van der Waals surface area contributed by atoms with Gasteiger partial charge in [-0.25, -0.2) is 4.79 Å². The van der Waals surface area contributed by atoms with Crippen molar-refractivity contribution in [3.8, 4) is 0 Å². The summed E-state index contributed by atoms with van der Waals surface area (Å²) in [5.41, 5.74) is 10.4. The molecule has 0 bridgehead atoms. The molecule has 0 saturated heterocycles. The van der Waals surface area contributed by atoms with Crippen LogP contribution >= 0.6 is 0 Å². The Hall–Kier alpha value is -1.14. The Morgan fingerprint density at radius 1 is 1.38 bits per heavy atom. The summed E-state index contributed by atoms with van der Waals surface area (Å²) in [5.74, 6) is -0.0673. The second-order valence-corrected chi connectivity index (χ2v) is 3.96. The standard InChI is InChI=1S/C10H22N4O2/c1-4-14(6-7(2)5-11)8(3)9(15)13-10(12)16/h7-8H,4-6,11H2,1-3H3,(H3,12,13,15,16). The molecule has 3 amide bonds. The first-order valence-electron chi connectivity index (χ1n) is 5.46. The van der Waals surface area contributed by atoms with Gasteiger partial charge in [-0.05, 0) is 25.9 Å². The van der Waals surface area contributed by atoms with E-state index in [1.54, 1.807) is 6.92 Å². The Labute approximate surface area is 96.3 Å². The molecule has 6 nitrogen and oxygen atoms in total. The molecule has 0 aromatic heterocycles. The van der Waals surface area contributed by atoms with E-state index in [4.69, 9.17) is 11.5 Å². The van der Waals surface area contributed by atoms with Gasteiger partial charge in [-0.2, -0.15) is 0 Å². The van der Waals surface area contributed by atoms with Crippen molar-refractivity contribution < 1.29 is 9.59 Å². The quantitative estimate of drug-likeness (QED) is 0.571. The molecule has 5 N–H and O–H groups in total. The molecular weight excluding hydrogens is 208 g/mol. The van der Waals surface area contributed by atoms with Crippen LogP contribution in [0.3, 0.4) is 0 Å². The monoisotopic (exact) mass is 230 g/mol. The van der Waals surface area contributed by atoms with Gasteiger partial charge < -0.3 is 11.5 Å². The van der Waals surface area contributed by atoms with Crippen LogP contribution in [0.5, 0.6) is 0 Å². The number of amides is 3. The second-order valence-electron chi connectivity index (χ2n) is 3.96. The summed E-state index contributed by atoms with van der Waals surface area (Å²) in [6, 6.07) is -1.20. The molecule has 2 atom stereocenters. The van der Waals surface area contributed by atoms with E-state index in [1.165, 1.54) is 0 Å². The van der Waals surface area contributed by atoms with Crippen LogP contribution in [0.2, 0.25) is 0 Å². The number of imide groups is 1. The van der Waals surface area contributed by atoms with Gasteiger partial charge in [-0.1, -0.05) is 13.8 Å². The maximum absolute atomic E-state index is 11.5. The zero-order valence-corrected chi connectivity index (χ0v) is 10.2. The maximum atomic E-state index is 11.5. The number of carbonyl (C=O) groups is 2. The summed E-state index contributed by atoms with van der Waals surface area (Å²) in [4.78, 5) is 24.0. The highest BCUT2D eigenvalue weighted by atomic mass is 16.2. The number of hydrogen-bond donors (Lipinski definition) is 3. The normalized spacial score (nSPS) is 14.6. The topological polar surface area (TPSA) is 101 Å². The Morgan fingerprint density at radius 3 is 2.31 bits per heavy atom. The zero-order valence-electron chi connectivity index (χ0n) is 10.2. The molecule has 0 aromatic carbocycles. The summed E-state index contributed by atoms with van der Waals surface area (Å²) in [5, 5.41) is 2.08. The first-order chi connectivity index (χ1) is 7.42. The molecule has 0 aromatic rings. The molecule has 0 saturated carbocycles. The summed E-state index contributed by atoms with van der Waals surface area (Å²) in [6.45, 7) is 7.72. The lowest BCUT2D eigenvalue weighted by Gasteiger charge is -2.28. The lowest BCUT2D eigenvalue weighted by atomic mass is 10.1. The van der Waals surface area contributed by atoms with Crippen molar-refractivity contribution >= 4 is 11.9 Å². The van der Waals surface area contributed by atoms with Gasteiger partial charge in [0.2, 0.25) is 5.91 Å². The van der Waals surface area contributed by atoms with E-state index in [0.29, 0.717) is 12.5 Å². The van der Waals surface area contributed by atoms with E-state index in [2.05, 4.69) is 5.32 Å². The van der Waals surface area contributed by atoms with E-state index in [0.717, 1.165) is 13.1 Å². The zero-order chi connectivity index (χ0) is 12.7. The molecule has 0 aliphatic heterocycles. The van der Waals surface area contributed by atoms with Gasteiger partial charge in [0.15, 0.2) is 0 Å². The molecule has 6 heteroatoms. The predicted octanol–water partition coefficient (Wildman–Crippen LogP) is -0.513. The molecule has 2 unspecified atom stereocenters. The summed E-state index contributed by atoms with van der Waals surface area (Å²) in [7, 11) is 0. The molecule has 94 valence electrons. The minimum absolute atomic E-state index is 0.309. The number of hydrogen-bond acceptors (Lipinski definition) is 4. The fraction of sp³-hybridized carbons (Fsp3) is 0.800. The molecule has 0 aliphatic rings. The lowest BCUT2D eigenvalue weighted by molar-refractivity contribution is -0.124. The Morgan fingerprint density at radius 2 is 1.94 bits per heavy atom. The van der Waals surface area contributed by atoms with Crippen molar-refractivity contribution in [2.24, 2.45) is 17.4 Å². The van der Waals surface area contributed by atoms with Gasteiger partial charge in [0, 0.05) is 6.54 Å². The third-order valence-electron chi connectivity index (χ3n) is 2.53. The molecule has 0 fully saturated rings. The average molecular weight is 230 g/mol. The van der Waals surface area contributed by atoms with Gasteiger partial charge >= 0.3 is 6.03 Å². The second kappa shape index (κ2) is 7.19. The van der Waals surface area contributed by atoms with E-state index >= 15 is 0 Å². The molecule has 0 heterocycles. The van der Waals surface area contributed by atoms with Crippen LogP contribution in [0.1, 0.15) is 20.8 Å². The summed E-state index contributed by atoms with van der Waals surface area (Å²) in [6.07, 6.45) is 0. The third-order valence-corrected chi connectivity index (χ3v) is 2.53.